The summed E-state index contributed by atoms with van der Waals surface area (Å²) in [6.07, 6.45) is 0.722. The van der Waals surface area contributed by atoms with Gasteiger partial charge >= 0.3 is 6.09 Å². The first-order chi connectivity index (χ1) is 22.4. The van der Waals surface area contributed by atoms with Crippen LogP contribution in [-0.4, -0.2) is 80.5 Å². The third-order valence-corrected chi connectivity index (χ3v) is 10.6. The van der Waals surface area contributed by atoms with Crippen LogP contribution in [0.25, 0.3) is 0 Å². The largest absolute Gasteiger partial charge is 0.445 e. The van der Waals surface area contributed by atoms with Gasteiger partial charge in [0.25, 0.3) is 0 Å². The maximum atomic E-state index is 14.1. The molecule has 0 spiro atoms. The molecule has 47 heavy (non-hydrogen) atoms. The topological polar surface area (TPSA) is 146 Å². The van der Waals surface area contributed by atoms with Gasteiger partial charge in [-0.15, -0.1) is 0 Å². The van der Waals surface area contributed by atoms with Crippen LogP contribution < -0.4 is 21.3 Å². The van der Waals surface area contributed by atoms with Crippen LogP contribution in [0.4, 0.5) is 13.6 Å². The van der Waals surface area contributed by atoms with Crippen molar-refractivity contribution in [3.05, 3.63) is 70.8 Å². The summed E-state index contributed by atoms with van der Waals surface area (Å²) in [6.45, 7) is 7.32. The van der Waals surface area contributed by atoms with Gasteiger partial charge in [-0.3, -0.25) is 4.79 Å². The first kappa shape index (κ1) is 38.3. The number of aryl methyl sites for hydroxylation is 1. The van der Waals surface area contributed by atoms with E-state index in [1.165, 1.54) is 0 Å². The molecule has 262 valence electrons. The number of hydrogen-bond donors (Lipinski definition) is 5. The zero-order valence-corrected chi connectivity index (χ0v) is 28.4. The molecule has 1 saturated heterocycles. The van der Waals surface area contributed by atoms with E-state index >= 15 is 0 Å². The van der Waals surface area contributed by atoms with Crippen molar-refractivity contribution in [3.8, 4) is 0 Å². The third kappa shape index (κ3) is 12.8. The fourth-order valence-electron chi connectivity index (χ4n) is 5.77. The minimum atomic E-state index is -3.86. The van der Waals surface area contributed by atoms with E-state index in [4.69, 9.17) is 4.74 Å². The SMILES string of the molecule is CCCC(CCC)S(=O)(=O)CC(NC(=O)O[C@@H]1CCNC1)C(=O)N[C@@H](Cc1cc(F)cc(F)c1)[C@H](O)CNCc1cccc(CC)c1. The van der Waals surface area contributed by atoms with Gasteiger partial charge in [-0.25, -0.2) is 22.0 Å². The van der Waals surface area contributed by atoms with Crippen LogP contribution in [0.2, 0.25) is 0 Å². The Morgan fingerprint density at radius 1 is 1.00 bits per heavy atom. The number of hydrogen-bond acceptors (Lipinski definition) is 8. The molecule has 5 N–H and O–H groups in total. The molecule has 10 nitrogen and oxygen atoms in total. The zero-order valence-electron chi connectivity index (χ0n) is 27.6. The molecule has 0 saturated carbocycles. The summed E-state index contributed by atoms with van der Waals surface area (Å²) in [6, 6.07) is 8.22. The highest BCUT2D eigenvalue weighted by atomic mass is 32.2. The van der Waals surface area contributed by atoms with E-state index < -0.39 is 68.8 Å². The summed E-state index contributed by atoms with van der Waals surface area (Å²) in [5, 5.41) is 21.9. The molecule has 2 amide bonds. The number of rotatable bonds is 19. The van der Waals surface area contributed by atoms with Crippen LogP contribution in [0.15, 0.2) is 42.5 Å². The summed E-state index contributed by atoms with van der Waals surface area (Å²) in [5.41, 5.74) is 2.32. The van der Waals surface area contributed by atoms with E-state index in [1.807, 2.05) is 45.0 Å². The van der Waals surface area contributed by atoms with Gasteiger partial charge in [-0.1, -0.05) is 57.9 Å². The standard InChI is InChI=1S/C34H50F2N4O6S/c1-4-8-29(9-5-2)47(44,45)22-31(40-34(43)46-28-12-13-37-20-28)33(42)39-30(17-25-15-26(35)18-27(36)16-25)32(41)21-38-19-24-11-7-10-23(6-3)14-24/h7,10-11,14-16,18,28-32,37-38,41H,4-6,8-9,12-13,17,19-22H2,1-3H3,(H,39,42)(H,40,43)/t28-,30+,31?,32-/m1/s1. The molecule has 13 heteroatoms. The van der Waals surface area contributed by atoms with Crippen LogP contribution in [-0.2, 0) is 38.8 Å². The number of carbonyl (C=O) groups excluding carboxylic acids is 2. The van der Waals surface area contributed by atoms with Crippen molar-refractivity contribution in [1.82, 2.24) is 21.3 Å². The Morgan fingerprint density at radius 2 is 1.68 bits per heavy atom. The fraction of sp³-hybridized carbons (Fsp3) is 0.588. The number of benzene rings is 2. The van der Waals surface area contributed by atoms with Crippen molar-refractivity contribution in [2.45, 2.75) is 102 Å². The molecule has 1 aliphatic rings. The number of aliphatic hydroxyl groups excluding tert-OH is 1. The average molecular weight is 681 g/mol. The van der Waals surface area contributed by atoms with Crippen molar-refractivity contribution in [2.24, 2.45) is 0 Å². The molecule has 0 aromatic heterocycles. The molecule has 3 rings (SSSR count). The number of alkyl carbamates (subject to hydrolysis) is 1. The van der Waals surface area contributed by atoms with Crippen molar-refractivity contribution in [2.75, 3.05) is 25.4 Å². The van der Waals surface area contributed by atoms with Crippen molar-refractivity contribution in [3.63, 3.8) is 0 Å². The van der Waals surface area contributed by atoms with Gasteiger partial charge in [0, 0.05) is 25.7 Å². The predicted octanol–water partition coefficient (Wildman–Crippen LogP) is 3.55. The summed E-state index contributed by atoms with van der Waals surface area (Å²) in [4.78, 5) is 26.6. The Balaban J connectivity index is 1.83. The van der Waals surface area contributed by atoms with Crippen LogP contribution in [0.1, 0.15) is 69.6 Å². The molecule has 4 atom stereocenters. The zero-order chi connectivity index (χ0) is 34.4. The summed E-state index contributed by atoms with van der Waals surface area (Å²) in [7, 11) is -3.86. The smallest absolute Gasteiger partial charge is 0.408 e. The van der Waals surface area contributed by atoms with Gasteiger partial charge in [0.1, 0.15) is 23.8 Å². The summed E-state index contributed by atoms with van der Waals surface area (Å²) >= 11 is 0. The van der Waals surface area contributed by atoms with Crippen molar-refractivity contribution in [1.29, 1.82) is 0 Å². The highest BCUT2D eigenvalue weighted by Gasteiger charge is 2.35. The second-order valence-corrected chi connectivity index (χ2v) is 14.5. The Bertz CT molecular complexity index is 1380. The Morgan fingerprint density at radius 3 is 2.30 bits per heavy atom. The van der Waals surface area contributed by atoms with Crippen LogP contribution >= 0.6 is 0 Å². The van der Waals surface area contributed by atoms with E-state index in [9.17, 15) is 31.9 Å². The molecule has 1 aliphatic heterocycles. The van der Waals surface area contributed by atoms with Gasteiger partial charge in [0.2, 0.25) is 5.91 Å². The van der Waals surface area contributed by atoms with Crippen LogP contribution in [0.3, 0.4) is 0 Å². The van der Waals surface area contributed by atoms with Crippen molar-refractivity contribution < 1.29 is 36.6 Å². The van der Waals surface area contributed by atoms with Crippen LogP contribution in [0, 0.1) is 11.6 Å². The molecule has 2 aromatic rings. The molecule has 0 bridgehead atoms. The highest BCUT2D eigenvalue weighted by Crippen LogP contribution is 2.18. The van der Waals surface area contributed by atoms with Gasteiger partial charge < -0.3 is 31.1 Å². The third-order valence-electron chi connectivity index (χ3n) is 8.28. The molecule has 1 fully saturated rings. The average Bonchev–Trinajstić information content (AvgIpc) is 3.52. The quantitative estimate of drug-likeness (QED) is 0.152. The minimum absolute atomic E-state index is 0.00128. The number of aliphatic hydroxyl groups is 1. The molecule has 1 heterocycles. The number of halogens is 2. The lowest BCUT2D eigenvalue weighted by atomic mass is 10.00. The van der Waals surface area contributed by atoms with Crippen molar-refractivity contribution >= 4 is 21.8 Å². The molecule has 0 aliphatic carbocycles. The van der Waals surface area contributed by atoms with E-state index in [0.29, 0.717) is 51.7 Å². The minimum Gasteiger partial charge on any atom is -0.445 e. The fourth-order valence-corrected chi connectivity index (χ4v) is 7.93. The lowest BCUT2D eigenvalue weighted by molar-refractivity contribution is -0.124. The molecular formula is C34H50F2N4O6S. The maximum Gasteiger partial charge on any atom is 0.408 e. The first-order valence-electron chi connectivity index (χ1n) is 16.5. The molecule has 2 aromatic carbocycles. The number of sulfone groups is 1. The van der Waals surface area contributed by atoms with Gasteiger partial charge in [-0.05, 0) is 67.5 Å². The molecular weight excluding hydrogens is 630 g/mol. The van der Waals surface area contributed by atoms with Crippen LogP contribution in [0.5, 0.6) is 0 Å². The number of ether oxygens (including phenoxy) is 1. The highest BCUT2D eigenvalue weighted by molar-refractivity contribution is 7.92. The number of amides is 2. The number of carbonyl (C=O) groups is 2. The first-order valence-corrected chi connectivity index (χ1v) is 18.3. The van der Waals surface area contributed by atoms with E-state index in [2.05, 4.69) is 21.3 Å². The number of nitrogens with one attached hydrogen (secondary N) is 4. The summed E-state index contributed by atoms with van der Waals surface area (Å²) < 4.78 is 60.7. The monoisotopic (exact) mass is 680 g/mol. The second-order valence-electron chi connectivity index (χ2n) is 12.2. The summed E-state index contributed by atoms with van der Waals surface area (Å²) in [5.74, 6) is -3.17. The van der Waals surface area contributed by atoms with Gasteiger partial charge in [0.05, 0.1) is 23.1 Å². The maximum absolute atomic E-state index is 14.1. The van der Waals surface area contributed by atoms with E-state index in [1.54, 1.807) is 0 Å². The van der Waals surface area contributed by atoms with E-state index in [0.717, 1.165) is 35.7 Å². The molecule has 0 radical (unpaired) electrons. The second kappa shape index (κ2) is 19.0. The predicted molar refractivity (Wildman–Crippen MR) is 178 cm³/mol. The normalized spacial score (nSPS) is 16.9. The van der Waals surface area contributed by atoms with Gasteiger partial charge in [0.15, 0.2) is 9.84 Å². The Kier molecular flexibility index (Phi) is 15.5. The molecule has 1 unspecified atom stereocenters. The lowest BCUT2D eigenvalue weighted by Crippen LogP contribution is -2.57. The Labute approximate surface area is 277 Å². The lowest BCUT2D eigenvalue weighted by Gasteiger charge is -2.28. The van der Waals surface area contributed by atoms with Gasteiger partial charge in [-0.2, -0.15) is 0 Å². The Hall–Kier alpha value is -3.13. The van der Waals surface area contributed by atoms with E-state index in [-0.39, 0.29) is 18.5 Å².